The van der Waals surface area contributed by atoms with Gasteiger partial charge in [-0.15, -0.1) is 11.8 Å². The third-order valence-electron chi connectivity index (χ3n) is 6.95. The van der Waals surface area contributed by atoms with Gasteiger partial charge in [0.25, 0.3) is 0 Å². The first-order valence-corrected chi connectivity index (χ1v) is 13.1. The van der Waals surface area contributed by atoms with E-state index in [4.69, 9.17) is 10.5 Å². The number of aliphatic hydroxyl groups excluding tert-OH is 1. The summed E-state index contributed by atoms with van der Waals surface area (Å²) in [5.74, 6) is 1.04. The summed E-state index contributed by atoms with van der Waals surface area (Å²) >= 11 is 1.45. The summed E-state index contributed by atoms with van der Waals surface area (Å²) in [6.07, 6.45) is 4.58. The van der Waals surface area contributed by atoms with Crippen molar-refractivity contribution in [2.75, 3.05) is 39.1 Å². The van der Waals surface area contributed by atoms with E-state index in [1.807, 2.05) is 24.3 Å². The van der Waals surface area contributed by atoms with E-state index in [2.05, 4.69) is 9.88 Å². The SMILES string of the molecule is COc1ccc2nccc([C@@H](N)CC[C@@H]3CCN(CCSc4cc(F)cc(F)c4)C[C@@H]3CO)c2c1. The highest BCUT2D eigenvalue weighted by atomic mass is 32.2. The van der Waals surface area contributed by atoms with Gasteiger partial charge in [0.15, 0.2) is 0 Å². The molecule has 1 aliphatic heterocycles. The summed E-state index contributed by atoms with van der Waals surface area (Å²) in [5.41, 5.74) is 8.60. The van der Waals surface area contributed by atoms with Crippen molar-refractivity contribution in [2.45, 2.75) is 30.2 Å². The molecule has 0 spiro atoms. The Morgan fingerprint density at radius 1 is 1.17 bits per heavy atom. The number of nitrogens with two attached hydrogens (primary N) is 1. The average molecular weight is 502 g/mol. The van der Waals surface area contributed by atoms with E-state index in [-0.39, 0.29) is 18.6 Å². The van der Waals surface area contributed by atoms with Crippen LogP contribution in [0.2, 0.25) is 0 Å². The number of likely N-dealkylation sites (tertiary alicyclic amines) is 1. The fourth-order valence-corrected chi connectivity index (χ4v) is 5.97. The van der Waals surface area contributed by atoms with Crippen LogP contribution in [0.4, 0.5) is 8.78 Å². The Hall–Kier alpha value is -2.26. The molecule has 0 amide bonds. The van der Waals surface area contributed by atoms with Crippen molar-refractivity contribution in [3.8, 4) is 5.75 Å². The van der Waals surface area contributed by atoms with Crippen molar-refractivity contribution in [3.63, 3.8) is 0 Å². The van der Waals surface area contributed by atoms with Gasteiger partial charge in [-0.1, -0.05) is 0 Å². The van der Waals surface area contributed by atoms with Crippen molar-refractivity contribution < 1.29 is 18.6 Å². The second kappa shape index (κ2) is 12.1. The molecule has 35 heavy (non-hydrogen) atoms. The molecule has 2 heterocycles. The van der Waals surface area contributed by atoms with Crippen LogP contribution in [0.15, 0.2) is 53.6 Å². The minimum atomic E-state index is -0.550. The molecule has 0 saturated carbocycles. The molecule has 8 heteroatoms. The van der Waals surface area contributed by atoms with Gasteiger partial charge < -0.3 is 20.5 Å². The van der Waals surface area contributed by atoms with E-state index in [1.54, 1.807) is 13.3 Å². The quantitative estimate of drug-likeness (QED) is 0.380. The van der Waals surface area contributed by atoms with Crippen LogP contribution in [0.5, 0.6) is 5.75 Å². The zero-order valence-corrected chi connectivity index (χ0v) is 20.8. The molecule has 1 saturated heterocycles. The van der Waals surface area contributed by atoms with Crippen LogP contribution >= 0.6 is 11.8 Å². The summed E-state index contributed by atoms with van der Waals surface area (Å²) in [6, 6.07) is 11.3. The second-order valence-electron chi connectivity index (χ2n) is 9.21. The zero-order chi connectivity index (χ0) is 24.8. The summed E-state index contributed by atoms with van der Waals surface area (Å²) in [7, 11) is 1.65. The van der Waals surface area contributed by atoms with E-state index in [0.29, 0.717) is 10.8 Å². The summed E-state index contributed by atoms with van der Waals surface area (Å²) in [6.45, 7) is 2.73. The molecule has 3 atom stereocenters. The van der Waals surface area contributed by atoms with Crippen LogP contribution in [-0.2, 0) is 0 Å². The first-order chi connectivity index (χ1) is 17.0. The van der Waals surface area contributed by atoms with Crippen LogP contribution in [0, 0.1) is 23.5 Å². The molecular weight excluding hydrogens is 468 g/mol. The number of fused-ring (bicyclic) bond motifs is 1. The molecule has 3 aromatic rings. The number of methoxy groups -OCH3 is 1. The first kappa shape index (κ1) is 25.8. The van der Waals surface area contributed by atoms with Crippen LogP contribution in [-0.4, -0.2) is 54.1 Å². The number of thioether (sulfide) groups is 1. The number of ether oxygens (including phenoxy) is 1. The molecule has 0 unspecified atom stereocenters. The van der Waals surface area contributed by atoms with Gasteiger partial charge in [-0.3, -0.25) is 4.98 Å². The normalized spacial score (nSPS) is 19.7. The number of halogens is 2. The minimum absolute atomic E-state index is 0.118. The molecule has 1 fully saturated rings. The monoisotopic (exact) mass is 501 g/mol. The van der Waals surface area contributed by atoms with Crippen molar-refractivity contribution in [1.82, 2.24) is 9.88 Å². The molecule has 1 aliphatic rings. The highest BCUT2D eigenvalue weighted by Crippen LogP contribution is 2.33. The molecule has 0 radical (unpaired) electrons. The fraction of sp³-hybridized carbons (Fsp3) is 0.444. The predicted octanol–water partition coefficient (Wildman–Crippen LogP) is 5.02. The Labute approximate surface area is 209 Å². The number of aromatic nitrogens is 1. The van der Waals surface area contributed by atoms with Gasteiger partial charge in [0.2, 0.25) is 0 Å². The highest BCUT2D eigenvalue weighted by Gasteiger charge is 2.29. The van der Waals surface area contributed by atoms with Gasteiger partial charge in [-0.05, 0) is 79.6 Å². The standard InChI is InChI=1S/C27H33F2N3O2S/c1-34-22-3-5-27-25(15-22)24(6-8-31-27)26(30)4-2-18-7-9-32(16-19(18)17-33)10-11-35-23-13-20(28)12-21(29)14-23/h3,5-6,8,12-15,18-19,26,33H,2,4,7,9-11,16-17,30H2,1H3/t18-,19-,26+/m1/s1. The number of hydrogen-bond acceptors (Lipinski definition) is 6. The maximum atomic E-state index is 13.4. The van der Waals surface area contributed by atoms with Crippen LogP contribution < -0.4 is 10.5 Å². The van der Waals surface area contributed by atoms with Crippen LogP contribution in [0.25, 0.3) is 10.9 Å². The molecule has 5 nitrogen and oxygen atoms in total. The number of nitrogens with zero attached hydrogens (tertiary/aromatic N) is 2. The number of hydrogen-bond donors (Lipinski definition) is 2. The molecule has 0 bridgehead atoms. The maximum absolute atomic E-state index is 13.4. The van der Waals surface area contributed by atoms with E-state index < -0.39 is 11.6 Å². The van der Waals surface area contributed by atoms with E-state index >= 15 is 0 Å². The van der Waals surface area contributed by atoms with Gasteiger partial charge in [0.1, 0.15) is 17.4 Å². The Bertz CT molecular complexity index is 1110. The average Bonchev–Trinajstić information content (AvgIpc) is 2.86. The second-order valence-corrected chi connectivity index (χ2v) is 10.4. The van der Waals surface area contributed by atoms with Crippen molar-refractivity contribution >= 4 is 22.7 Å². The molecular formula is C27H33F2N3O2S. The van der Waals surface area contributed by atoms with Gasteiger partial charge in [0.05, 0.1) is 12.6 Å². The number of rotatable bonds is 10. The Kier molecular flexibility index (Phi) is 8.94. The fourth-order valence-electron chi connectivity index (χ4n) is 5.00. The number of benzene rings is 2. The lowest BCUT2D eigenvalue weighted by atomic mass is 9.81. The van der Waals surface area contributed by atoms with Crippen molar-refractivity contribution in [2.24, 2.45) is 17.6 Å². The summed E-state index contributed by atoms with van der Waals surface area (Å²) in [4.78, 5) is 7.39. The van der Waals surface area contributed by atoms with E-state index in [0.717, 1.165) is 72.9 Å². The summed E-state index contributed by atoms with van der Waals surface area (Å²) < 4.78 is 32.2. The van der Waals surface area contributed by atoms with E-state index in [1.165, 1.54) is 23.9 Å². The molecule has 188 valence electrons. The van der Waals surface area contributed by atoms with Crippen molar-refractivity contribution in [1.29, 1.82) is 0 Å². The topological polar surface area (TPSA) is 71.6 Å². The zero-order valence-electron chi connectivity index (χ0n) is 20.0. The molecule has 2 aromatic carbocycles. The molecule has 4 rings (SSSR count). The predicted molar refractivity (Wildman–Crippen MR) is 137 cm³/mol. The van der Waals surface area contributed by atoms with E-state index in [9.17, 15) is 13.9 Å². The number of aliphatic hydroxyl groups is 1. The van der Waals surface area contributed by atoms with Crippen LogP contribution in [0.1, 0.15) is 30.9 Å². The van der Waals surface area contributed by atoms with Gasteiger partial charge in [-0.25, -0.2) is 8.78 Å². The van der Waals surface area contributed by atoms with Gasteiger partial charge in [-0.2, -0.15) is 0 Å². The molecule has 3 N–H and O–H groups in total. The Morgan fingerprint density at radius 2 is 1.97 bits per heavy atom. The maximum Gasteiger partial charge on any atom is 0.127 e. The lowest BCUT2D eigenvalue weighted by Gasteiger charge is -2.38. The first-order valence-electron chi connectivity index (χ1n) is 12.1. The van der Waals surface area contributed by atoms with Crippen molar-refractivity contribution in [3.05, 3.63) is 65.9 Å². The molecule has 1 aromatic heterocycles. The highest BCUT2D eigenvalue weighted by molar-refractivity contribution is 7.99. The largest absolute Gasteiger partial charge is 0.497 e. The number of piperidine rings is 1. The lowest BCUT2D eigenvalue weighted by Crippen LogP contribution is -2.43. The third kappa shape index (κ3) is 6.70. The lowest BCUT2D eigenvalue weighted by molar-refractivity contribution is 0.0701. The smallest absolute Gasteiger partial charge is 0.127 e. The van der Waals surface area contributed by atoms with Gasteiger partial charge >= 0.3 is 0 Å². The Balaban J connectivity index is 1.29. The Morgan fingerprint density at radius 3 is 2.71 bits per heavy atom. The van der Waals surface area contributed by atoms with Crippen LogP contribution in [0.3, 0.4) is 0 Å². The minimum Gasteiger partial charge on any atom is -0.497 e. The third-order valence-corrected chi connectivity index (χ3v) is 7.91. The number of pyridine rings is 1. The van der Waals surface area contributed by atoms with Gasteiger partial charge in [0, 0.05) is 54.0 Å². The summed E-state index contributed by atoms with van der Waals surface area (Å²) in [5, 5.41) is 11.1. The molecule has 0 aliphatic carbocycles.